The first-order valence-corrected chi connectivity index (χ1v) is 3.45. The van der Waals surface area contributed by atoms with Crippen LogP contribution in [0.1, 0.15) is 26.2 Å². The molecule has 0 bridgehead atoms. The normalized spacial score (nSPS) is 38.2. The number of rotatable bonds is 1. The van der Waals surface area contributed by atoms with Crippen LogP contribution in [-0.4, -0.2) is 11.7 Å². The smallest absolute Gasteiger partial charge is 0.0461 e. The SMILES string of the molecule is CC1CCC[C@@H]1CO. The van der Waals surface area contributed by atoms with Gasteiger partial charge in [0.2, 0.25) is 0 Å². The number of hydrogen-bond acceptors (Lipinski definition) is 1. The van der Waals surface area contributed by atoms with Crippen molar-refractivity contribution in [1.82, 2.24) is 0 Å². The summed E-state index contributed by atoms with van der Waals surface area (Å²) in [6, 6.07) is 0. The van der Waals surface area contributed by atoms with Gasteiger partial charge in [0.25, 0.3) is 0 Å². The van der Waals surface area contributed by atoms with Crippen molar-refractivity contribution in [2.45, 2.75) is 26.2 Å². The Labute approximate surface area is 50.7 Å². The zero-order chi connectivity index (χ0) is 5.98. The average Bonchev–Trinajstić information content (AvgIpc) is 2.14. The quantitative estimate of drug-likeness (QED) is 0.546. The molecule has 0 aromatic heterocycles. The van der Waals surface area contributed by atoms with Crippen molar-refractivity contribution >= 4 is 0 Å². The van der Waals surface area contributed by atoms with Crippen LogP contribution >= 0.6 is 0 Å². The van der Waals surface area contributed by atoms with Crippen LogP contribution in [0.5, 0.6) is 0 Å². The number of aliphatic hydroxyl groups is 1. The van der Waals surface area contributed by atoms with E-state index in [0.717, 1.165) is 5.92 Å². The molecule has 0 aromatic carbocycles. The Hall–Kier alpha value is -0.0400. The zero-order valence-corrected chi connectivity index (χ0v) is 5.43. The highest BCUT2D eigenvalue weighted by Gasteiger charge is 2.21. The first-order valence-electron chi connectivity index (χ1n) is 3.45. The van der Waals surface area contributed by atoms with Crippen molar-refractivity contribution in [2.75, 3.05) is 6.61 Å². The lowest BCUT2D eigenvalue weighted by Gasteiger charge is -2.09. The third kappa shape index (κ3) is 1.03. The maximum Gasteiger partial charge on any atom is 0.0461 e. The van der Waals surface area contributed by atoms with E-state index >= 15 is 0 Å². The molecule has 0 amide bonds. The van der Waals surface area contributed by atoms with E-state index in [-0.39, 0.29) is 0 Å². The van der Waals surface area contributed by atoms with Gasteiger partial charge in [0, 0.05) is 6.61 Å². The van der Waals surface area contributed by atoms with Gasteiger partial charge in [0.15, 0.2) is 0 Å². The molecule has 1 aliphatic rings. The second kappa shape index (κ2) is 2.49. The van der Waals surface area contributed by atoms with Gasteiger partial charge in [-0.25, -0.2) is 0 Å². The molecule has 8 heavy (non-hydrogen) atoms. The summed E-state index contributed by atoms with van der Waals surface area (Å²) in [7, 11) is 0. The summed E-state index contributed by atoms with van der Waals surface area (Å²) < 4.78 is 0. The zero-order valence-electron chi connectivity index (χ0n) is 5.43. The molecule has 0 spiro atoms. The van der Waals surface area contributed by atoms with E-state index in [1.54, 1.807) is 0 Å². The van der Waals surface area contributed by atoms with E-state index in [4.69, 9.17) is 5.11 Å². The fraction of sp³-hybridized carbons (Fsp3) is 1.00. The Morgan fingerprint density at radius 1 is 1.50 bits per heavy atom. The molecule has 1 rings (SSSR count). The van der Waals surface area contributed by atoms with Gasteiger partial charge in [-0.05, 0) is 18.3 Å². The van der Waals surface area contributed by atoms with Gasteiger partial charge in [-0.3, -0.25) is 0 Å². The summed E-state index contributed by atoms with van der Waals surface area (Å²) in [5.74, 6) is 1.40. The summed E-state index contributed by atoms with van der Waals surface area (Å²) in [5, 5.41) is 8.74. The molecular weight excluding hydrogens is 100 g/mol. The first-order chi connectivity index (χ1) is 3.84. The van der Waals surface area contributed by atoms with E-state index in [1.807, 2.05) is 0 Å². The van der Waals surface area contributed by atoms with Crippen molar-refractivity contribution in [3.8, 4) is 0 Å². The average molecular weight is 114 g/mol. The largest absolute Gasteiger partial charge is 0.396 e. The summed E-state index contributed by atoms with van der Waals surface area (Å²) in [6.45, 7) is 2.63. The van der Waals surface area contributed by atoms with E-state index in [2.05, 4.69) is 6.92 Å². The van der Waals surface area contributed by atoms with Crippen LogP contribution in [0.4, 0.5) is 0 Å². The van der Waals surface area contributed by atoms with Crippen LogP contribution in [-0.2, 0) is 0 Å². The fourth-order valence-corrected chi connectivity index (χ4v) is 1.49. The molecule has 1 aliphatic carbocycles. The second-order valence-electron chi connectivity index (χ2n) is 2.85. The maximum absolute atomic E-state index is 8.74. The van der Waals surface area contributed by atoms with E-state index in [0.29, 0.717) is 12.5 Å². The third-order valence-electron chi connectivity index (χ3n) is 2.27. The van der Waals surface area contributed by atoms with Gasteiger partial charge in [0.05, 0.1) is 0 Å². The van der Waals surface area contributed by atoms with Crippen LogP contribution < -0.4 is 0 Å². The Balaban J connectivity index is 2.30. The Morgan fingerprint density at radius 3 is 2.50 bits per heavy atom. The van der Waals surface area contributed by atoms with Crippen LogP contribution in [0.3, 0.4) is 0 Å². The summed E-state index contributed by atoms with van der Waals surface area (Å²) in [4.78, 5) is 0. The number of aliphatic hydroxyl groups excluding tert-OH is 1. The van der Waals surface area contributed by atoms with Gasteiger partial charge in [-0.1, -0.05) is 19.8 Å². The molecular formula is C7H14O. The van der Waals surface area contributed by atoms with E-state index in [1.165, 1.54) is 19.3 Å². The van der Waals surface area contributed by atoms with Crippen molar-refractivity contribution in [1.29, 1.82) is 0 Å². The molecule has 2 atom stereocenters. The standard InChI is InChI=1S/C7H14O/c1-6-3-2-4-7(6)5-8/h6-8H,2-5H2,1H3/t6?,7-/m1/s1. The lowest BCUT2D eigenvalue weighted by Crippen LogP contribution is -2.07. The van der Waals surface area contributed by atoms with Crippen LogP contribution in [0.15, 0.2) is 0 Å². The monoisotopic (exact) mass is 114 g/mol. The molecule has 0 aromatic rings. The molecule has 1 nitrogen and oxygen atoms in total. The highest BCUT2D eigenvalue weighted by molar-refractivity contribution is 4.72. The molecule has 0 radical (unpaired) electrons. The second-order valence-corrected chi connectivity index (χ2v) is 2.85. The molecule has 1 fully saturated rings. The molecule has 48 valence electrons. The van der Waals surface area contributed by atoms with Gasteiger partial charge >= 0.3 is 0 Å². The third-order valence-corrected chi connectivity index (χ3v) is 2.27. The molecule has 0 heterocycles. The highest BCUT2D eigenvalue weighted by Crippen LogP contribution is 2.30. The van der Waals surface area contributed by atoms with Crippen molar-refractivity contribution in [3.63, 3.8) is 0 Å². The van der Waals surface area contributed by atoms with Gasteiger partial charge in [-0.15, -0.1) is 0 Å². The Bertz CT molecular complexity index is 70.8. The molecule has 0 aliphatic heterocycles. The van der Waals surface area contributed by atoms with Crippen LogP contribution in [0.25, 0.3) is 0 Å². The van der Waals surface area contributed by atoms with Gasteiger partial charge < -0.3 is 5.11 Å². The van der Waals surface area contributed by atoms with Crippen LogP contribution in [0.2, 0.25) is 0 Å². The highest BCUT2D eigenvalue weighted by atomic mass is 16.3. The lowest BCUT2D eigenvalue weighted by atomic mass is 10.00. The van der Waals surface area contributed by atoms with Crippen molar-refractivity contribution in [3.05, 3.63) is 0 Å². The molecule has 1 unspecified atom stereocenters. The fourth-order valence-electron chi connectivity index (χ4n) is 1.49. The summed E-state index contributed by atoms with van der Waals surface area (Å²) >= 11 is 0. The molecule has 1 N–H and O–H groups in total. The Kier molecular flexibility index (Phi) is 1.90. The van der Waals surface area contributed by atoms with E-state index in [9.17, 15) is 0 Å². The van der Waals surface area contributed by atoms with E-state index < -0.39 is 0 Å². The number of hydrogen-bond donors (Lipinski definition) is 1. The van der Waals surface area contributed by atoms with Gasteiger partial charge in [0.1, 0.15) is 0 Å². The lowest BCUT2D eigenvalue weighted by molar-refractivity contribution is 0.201. The summed E-state index contributed by atoms with van der Waals surface area (Å²) in [5.41, 5.74) is 0. The first kappa shape index (κ1) is 6.09. The predicted molar refractivity (Wildman–Crippen MR) is 33.6 cm³/mol. The van der Waals surface area contributed by atoms with Crippen molar-refractivity contribution in [2.24, 2.45) is 11.8 Å². The van der Waals surface area contributed by atoms with Gasteiger partial charge in [-0.2, -0.15) is 0 Å². The Morgan fingerprint density at radius 2 is 2.25 bits per heavy atom. The molecule has 0 saturated heterocycles. The minimum absolute atomic E-state index is 0.404. The minimum Gasteiger partial charge on any atom is -0.396 e. The summed E-state index contributed by atoms with van der Waals surface area (Å²) in [6.07, 6.45) is 3.90. The van der Waals surface area contributed by atoms with Crippen LogP contribution in [0, 0.1) is 11.8 Å². The topological polar surface area (TPSA) is 20.2 Å². The molecule has 1 saturated carbocycles. The molecule has 1 heteroatoms. The van der Waals surface area contributed by atoms with Crippen molar-refractivity contribution < 1.29 is 5.11 Å². The maximum atomic E-state index is 8.74. The predicted octanol–water partition coefficient (Wildman–Crippen LogP) is 1.41. The minimum atomic E-state index is 0.404.